The predicted octanol–water partition coefficient (Wildman–Crippen LogP) is 7.22. The number of rotatable bonds is 11. The minimum Gasteiger partial charge on any atom is -0.444 e. The maximum Gasteiger partial charge on any atom is 0.416 e. The fourth-order valence-corrected chi connectivity index (χ4v) is 3.81. The van der Waals surface area contributed by atoms with Gasteiger partial charge in [0.1, 0.15) is 18.3 Å². The number of hydrogen-bond donors (Lipinski definition) is 1. The number of halogens is 3. The van der Waals surface area contributed by atoms with Crippen LogP contribution in [0.4, 0.5) is 23.8 Å². The molecule has 0 saturated carbocycles. The molecule has 0 spiro atoms. The highest BCUT2D eigenvalue weighted by atomic mass is 19.4. The molecule has 1 unspecified atom stereocenters. The maximum atomic E-state index is 14.0. The van der Waals surface area contributed by atoms with Gasteiger partial charge in [-0.15, -0.1) is 0 Å². The Balaban J connectivity index is 2.63. The van der Waals surface area contributed by atoms with Crippen molar-refractivity contribution in [1.82, 2.24) is 10.3 Å². The molecule has 2 heterocycles. The van der Waals surface area contributed by atoms with Crippen molar-refractivity contribution in [3.05, 3.63) is 41.2 Å². The molecule has 1 aromatic heterocycles. The monoisotopic (exact) mass is 508 g/mol. The number of amides is 1. The Morgan fingerprint density at radius 2 is 1.97 bits per heavy atom. The van der Waals surface area contributed by atoms with Gasteiger partial charge in [-0.05, 0) is 49.3 Å². The van der Waals surface area contributed by atoms with E-state index in [0.717, 1.165) is 37.8 Å². The van der Waals surface area contributed by atoms with E-state index in [9.17, 15) is 18.0 Å². The minimum atomic E-state index is -4.53. The maximum absolute atomic E-state index is 14.0. The first-order valence-corrected chi connectivity index (χ1v) is 12.7. The normalized spacial score (nSPS) is 18.7. The summed E-state index contributed by atoms with van der Waals surface area (Å²) in [7, 11) is 0. The third-order valence-corrected chi connectivity index (χ3v) is 6.60. The molecule has 1 amide bonds. The lowest BCUT2D eigenvalue weighted by Crippen LogP contribution is -2.39. The second kappa shape index (κ2) is 13.5. The Hall–Kier alpha value is -2.84. The largest absolute Gasteiger partial charge is 0.444 e. The summed E-state index contributed by atoms with van der Waals surface area (Å²) in [6.07, 6.45) is 1.70. The predicted molar refractivity (Wildman–Crippen MR) is 139 cm³/mol. The zero-order chi connectivity index (χ0) is 26.9. The average Bonchev–Trinajstić information content (AvgIpc) is 2.84. The van der Waals surface area contributed by atoms with E-state index in [1.807, 2.05) is 17.9 Å². The van der Waals surface area contributed by atoms with Gasteiger partial charge in [0.15, 0.2) is 0 Å². The van der Waals surface area contributed by atoms with Gasteiger partial charge < -0.3 is 9.64 Å². The molecule has 6 nitrogen and oxygen atoms in total. The topological polar surface area (TPSA) is 66.8 Å². The summed E-state index contributed by atoms with van der Waals surface area (Å²) in [6, 6.07) is 2.19. The number of amidine groups is 1. The second-order valence-electron chi connectivity index (χ2n) is 9.33. The first-order valence-electron chi connectivity index (χ1n) is 12.7. The summed E-state index contributed by atoms with van der Waals surface area (Å²) < 4.78 is 47.0. The number of carbonyl (C=O) groups is 1. The van der Waals surface area contributed by atoms with Crippen LogP contribution in [0.3, 0.4) is 0 Å². The number of anilines is 1. The number of pyridine rings is 1. The molecule has 0 bridgehead atoms. The number of aromatic nitrogens is 1. The van der Waals surface area contributed by atoms with Crippen molar-refractivity contribution in [3.63, 3.8) is 0 Å². The van der Waals surface area contributed by atoms with Crippen LogP contribution in [0.5, 0.6) is 0 Å². The Kier molecular flexibility index (Phi) is 11.0. The number of aliphatic imine (C=N–C) groups is 1. The molecule has 1 saturated heterocycles. The van der Waals surface area contributed by atoms with Gasteiger partial charge in [-0.3, -0.25) is 5.32 Å². The smallest absolute Gasteiger partial charge is 0.416 e. The molecule has 1 aliphatic rings. The van der Waals surface area contributed by atoms with Crippen molar-refractivity contribution in [2.24, 2.45) is 16.8 Å². The highest BCUT2D eigenvalue weighted by Gasteiger charge is 2.33. The Morgan fingerprint density at radius 1 is 1.25 bits per heavy atom. The molecule has 0 radical (unpaired) electrons. The number of unbranched alkanes of at least 4 members (excludes halogenated alkanes) is 1. The van der Waals surface area contributed by atoms with Gasteiger partial charge in [0.2, 0.25) is 0 Å². The van der Waals surface area contributed by atoms with Gasteiger partial charge in [0, 0.05) is 24.9 Å². The van der Waals surface area contributed by atoms with Crippen LogP contribution in [0, 0.1) is 11.8 Å². The molecule has 2 atom stereocenters. The fraction of sp³-hybridized carbons (Fsp3) is 0.593. The number of alkyl halides is 3. The number of alkyl carbamates (subject to hydrolysis) is 1. The Morgan fingerprint density at radius 3 is 2.58 bits per heavy atom. The summed E-state index contributed by atoms with van der Waals surface area (Å²) >= 11 is 0. The van der Waals surface area contributed by atoms with E-state index in [0.29, 0.717) is 36.0 Å². The second-order valence-corrected chi connectivity index (χ2v) is 9.33. The summed E-state index contributed by atoms with van der Waals surface area (Å²) in [6.45, 7) is 13.2. The van der Waals surface area contributed by atoms with Gasteiger partial charge in [-0.1, -0.05) is 53.5 Å². The molecule has 0 aliphatic carbocycles. The molecule has 1 aromatic rings. The van der Waals surface area contributed by atoms with E-state index in [-0.39, 0.29) is 24.1 Å². The van der Waals surface area contributed by atoms with Crippen molar-refractivity contribution >= 4 is 23.3 Å². The molecule has 36 heavy (non-hydrogen) atoms. The molecule has 9 heteroatoms. The summed E-state index contributed by atoms with van der Waals surface area (Å²) in [5.74, 6) is 1.27. The number of ether oxygens (including phenoxy) is 1. The van der Waals surface area contributed by atoms with E-state index >= 15 is 0 Å². The highest BCUT2D eigenvalue weighted by Crippen LogP contribution is 2.34. The lowest BCUT2D eigenvalue weighted by Gasteiger charge is -2.30. The molecule has 1 aliphatic heterocycles. The van der Waals surface area contributed by atoms with Crippen LogP contribution in [0.25, 0.3) is 5.57 Å². The third kappa shape index (κ3) is 8.10. The first kappa shape index (κ1) is 29.4. The van der Waals surface area contributed by atoms with E-state index in [1.165, 1.54) is 0 Å². The van der Waals surface area contributed by atoms with Crippen molar-refractivity contribution in [3.8, 4) is 0 Å². The summed E-state index contributed by atoms with van der Waals surface area (Å²) in [4.78, 5) is 22.7. The fourth-order valence-electron chi connectivity index (χ4n) is 3.81. The van der Waals surface area contributed by atoms with Crippen LogP contribution in [-0.4, -0.2) is 36.6 Å². The Labute approximate surface area is 212 Å². The SMILES string of the molecule is CC/C=C/N=C1\NC(=O)OC\C1=C(\C)c1cc(C(F)(F)F)cc(N(CCCC)CC(C)[C@H](C)CC)n1. The van der Waals surface area contributed by atoms with Crippen molar-refractivity contribution in [2.75, 3.05) is 24.6 Å². The van der Waals surface area contributed by atoms with Gasteiger partial charge >= 0.3 is 12.3 Å². The lowest BCUT2D eigenvalue weighted by molar-refractivity contribution is -0.137. The van der Waals surface area contributed by atoms with E-state index < -0.39 is 17.8 Å². The van der Waals surface area contributed by atoms with Crippen LogP contribution in [-0.2, 0) is 10.9 Å². The number of allylic oxidation sites excluding steroid dienone is 2. The van der Waals surface area contributed by atoms with E-state index in [4.69, 9.17) is 9.72 Å². The zero-order valence-electron chi connectivity index (χ0n) is 22.2. The lowest BCUT2D eigenvalue weighted by atomic mass is 9.93. The molecular weight excluding hydrogens is 469 g/mol. The van der Waals surface area contributed by atoms with Crippen molar-refractivity contribution in [1.29, 1.82) is 0 Å². The van der Waals surface area contributed by atoms with Crippen LogP contribution in [0.1, 0.15) is 78.5 Å². The van der Waals surface area contributed by atoms with Gasteiger partial charge in [0.05, 0.1) is 11.3 Å². The number of nitrogens with one attached hydrogen (secondary N) is 1. The summed E-state index contributed by atoms with van der Waals surface area (Å²) in [5, 5.41) is 2.55. The zero-order valence-corrected chi connectivity index (χ0v) is 22.2. The molecular formula is C27H39F3N4O2. The molecule has 2 rings (SSSR count). The molecule has 0 aromatic carbocycles. The molecule has 200 valence electrons. The van der Waals surface area contributed by atoms with Crippen LogP contribution in [0.15, 0.2) is 35.0 Å². The first-order chi connectivity index (χ1) is 17.0. The van der Waals surface area contributed by atoms with Crippen LogP contribution < -0.4 is 10.2 Å². The molecule has 1 N–H and O–H groups in total. The standard InChI is InChI=1S/C27H39F3N4O2/c1-7-10-12-31-25-22(17-36-26(35)33-25)20(6)23-14-21(27(28,29)30)15-24(32-23)34(13-11-8-2)16-19(5)18(4)9-3/h10,12,14-15,18-19H,7-9,11,13,16-17H2,1-6H3,(H,31,33,35)/b12-10+,22-20+/t18-,19?/m1/s1. The number of hydrogen-bond acceptors (Lipinski definition) is 5. The van der Waals surface area contributed by atoms with E-state index in [2.05, 4.69) is 38.0 Å². The van der Waals surface area contributed by atoms with Crippen molar-refractivity contribution < 1.29 is 22.7 Å². The van der Waals surface area contributed by atoms with Gasteiger partial charge in [-0.25, -0.2) is 14.8 Å². The van der Waals surface area contributed by atoms with Gasteiger partial charge in [-0.2, -0.15) is 13.2 Å². The molecule has 1 fully saturated rings. The van der Waals surface area contributed by atoms with Crippen LogP contribution >= 0.6 is 0 Å². The quantitative estimate of drug-likeness (QED) is 0.343. The number of cyclic esters (lactones) is 1. The summed E-state index contributed by atoms with van der Waals surface area (Å²) in [5.41, 5.74) is 0.377. The number of nitrogens with zero attached hydrogens (tertiary/aromatic N) is 3. The van der Waals surface area contributed by atoms with Gasteiger partial charge in [0.25, 0.3) is 0 Å². The third-order valence-electron chi connectivity index (χ3n) is 6.60. The van der Waals surface area contributed by atoms with Crippen LogP contribution in [0.2, 0.25) is 0 Å². The Bertz CT molecular complexity index is 986. The number of carbonyl (C=O) groups excluding carboxylic acids is 1. The van der Waals surface area contributed by atoms with Crippen molar-refractivity contribution in [2.45, 2.75) is 73.4 Å². The highest BCUT2D eigenvalue weighted by molar-refractivity contribution is 6.12. The average molecular weight is 509 g/mol. The van der Waals surface area contributed by atoms with E-state index in [1.54, 1.807) is 13.1 Å². The minimum absolute atomic E-state index is 0.103.